The van der Waals surface area contributed by atoms with Gasteiger partial charge in [-0.3, -0.25) is 19.1 Å². The van der Waals surface area contributed by atoms with E-state index in [-0.39, 0.29) is 30.7 Å². The highest BCUT2D eigenvalue weighted by Gasteiger charge is 2.33. The number of methoxy groups -OCH3 is 1. The van der Waals surface area contributed by atoms with Gasteiger partial charge in [0.2, 0.25) is 5.91 Å². The summed E-state index contributed by atoms with van der Waals surface area (Å²) < 4.78 is 6.61. The molecule has 0 atom stereocenters. The van der Waals surface area contributed by atoms with E-state index in [0.29, 0.717) is 37.0 Å². The minimum atomic E-state index is -0.361. The summed E-state index contributed by atoms with van der Waals surface area (Å²) in [6.07, 6.45) is 8.66. The van der Waals surface area contributed by atoms with Gasteiger partial charge in [0.05, 0.1) is 13.5 Å². The van der Waals surface area contributed by atoms with Crippen LogP contribution >= 0.6 is 0 Å². The van der Waals surface area contributed by atoms with Gasteiger partial charge in [0.15, 0.2) is 5.69 Å². The fourth-order valence-electron chi connectivity index (χ4n) is 4.64. The van der Waals surface area contributed by atoms with Crippen LogP contribution in [0.1, 0.15) is 73.1 Å². The lowest BCUT2D eigenvalue weighted by molar-refractivity contribution is -0.140. The third-order valence-electron chi connectivity index (χ3n) is 6.61. The van der Waals surface area contributed by atoms with Crippen LogP contribution in [0.3, 0.4) is 0 Å². The molecule has 1 aromatic heterocycles. The first-order valence-electron chi connectivity index (χ1n) is 11.3. The van der Waals surface area contributed by atoms with Crippen LogP contribution in [0.4, 0.5) is 0 Å². The Bertz CT molecular complexity index is 808. The first-order valence-corrected chi connectivity index (χ1v) is 11.3. The summed E-state index contributed by atoms with van der Waals surface area (Å²) in [5, 5.41) is 7.42. The van der Waals surface area contributed by atoms with E-state index in [2.05, 4.69) is 15.2 Å². The number of ether oxygens (including phenoxy) is 1. The number of carbonyl (C=O) groups is 3. The van der Waals surface area contributed by atoms with Gasteiger partial charge in [-0.05, 0) is 37.5 Å². The maximum absolute atomic E-state index is 12.9. The van der Waals surface area contributed by atoms with E-state index in [1.54, 1.807) is 0 Å². The number of nitrogens with zero attached hydrogens (tertiary/aromatic N) is 3. The molecule has 4 rings (SSSR count). The second kappa shape index (κ2) is 9.18. The average molecular weight is 417 g/mol. The molecule has 2 amide bonds. The first-order chi connectivity index (χ1) is 14.5. The quantitative estimate of drug-likeness (QED) is 0.655. The molecule has 8 nitrogen and oxygen atoms in total. The molecule has 1 aromatic rings. The van der Waals surface area contributed by atoms with E-state index >= 15 is 0 Å². The van der Waals surface area contributed by atoms with Gasteiger partial charge in [-0.25, -0.2) is 0 Å². The topological polar surface area (TPSA) is 93.5 Å². The monoisotopic (exact) mass is 416 g/mol. The smallest absolute Gasteiger partial charge is 0.307 e. The van der Waals surface area contributed by atoms with Crippen molar-refractivity contribution in [2.24, 2.45) is 11.8 Å². The number of rotatable bonds is 8. The van der Waals surface area contributed by atoms with Crippen LogP contribution < -0.4 is 5.32 Å². The van der Waals surface area contributed by atoms with Gasteiger partial charge >= 0.3 is 5.97 Å². The van der Waals surface area contributed by atoms with Gasteiger partial charge in [-0.15, -0.1) is 0 Å². The third-order valence-corrected chi connectivity index (χ3v) is 6.61. The summed E-state index contributed by atoms with van der Waals surface area (Å²) in [5.74, 6) is 0.707. The van der Waals surface area contributed by atoms with Crippen molar-refractivity contribution in [1.29, 1.82) is 0 Å². The molecule has 8 heteroatoms. The molecular formula is C22H32N4O4. The van der Waals surface area contributed by atoms with Gasteiger partial charge in [0.25, 0.3) is 5.91 Å². The molecule has 1 aliphatic heterocycles. The molecule has 1 N–H and O–H groups in total. The fourth-order valence-corrected chi connectivity index (χ4v) is 4.64. The Hall–Kier alpha value is -2.38. The lowest BCUT2D eigenvalue weighted by atomic mass is 10.0. The molecule has 2 heterocycles. The normalized spacial score (nSPS) is 18.9. The van der Waals surface area contributed by atoms with Crippen LogP contribution in [0.15, 0.2) is 0 Å². The summed E-state index contributed by atoms with van der Waals surface area (Å²) in [5.41, 5.74) is 2.36. The molecule has 0 spiro atoms. The van der Waals surface area contributed by atoms with E-state index in [9.17, 15) is 14.4 Å². The van der Waals surface area contributed by atoms with Crippen molar-refractivity contribution in [3.8, 4) is 0 Å². The second-order valence-corrected chi connectivity index (χ2v) is 8.90. The molecular weight excluding hydrogens is 384 g/mol. The third kappa shape index (κ3) is 4.84. The minimum Gasteiger partial charge on any atom is -0.469 e. The summed E-state index contributed by atoms with van der Waals surface area (Å²) in [6.45, 7) is 2.19. The van der Waals surface area contributed by atoms with Crippen molar-refractivity contribution in [2.45, 2.75) is 70.9 Å². The van der Waals surface area contributed by atoms with E-state index in [4.69, 9.17) is 0 Å². The summed E-state index contributed by atoms with van der Waals surface area (Å²) in [7, 11) is 1.33. The molecule has 2 saturated carbocycles. The van der Waals surface area contributed by atoms with Crippen molar-refractivity contribution < 1.29 is 19.1 Å². The molecule has 30 heavy (non-hydrogen) atoms. The number of carbonyl (C=O) groups excluding carboxylic acids is 3. The van der Waals surface area contributed by atoms with Crippen molar-refractivity contribution in [1.82, 2.24) is 20.0 Å². The number of hydrogen-bond donors (Lipinski definition) is 1. The highest BCUT2D eigenvalue weighted by molar-refractivity contribution is 5.94. The zero-order valence-electron chi connectivity index (χ0n) is 17.8. The number of fused-ring (bicyclic) bond motifs is 1. The standard InChI is InChI=1S/C22H32N4O4/c1-30-20(28)8-10-23-22(29)21-17-14-25(19(27)12-15-4-2-3-5-15)11-9-18(17)26(24-21)13-16-6-7-16/h15-16H,2-14H2,1H3,(H,23,29). The number of hydrogen-bond acceptors (Lipinski definition) is 5. The van der Waals surface area contributed by atoms with Crippen molar-refractivity contribution >= 4 is 17.8 Å². The maximum atomic E-state index is 12.9. The van der Waals surface area contributed by atoms with Crippen LogP contribution in [-0.4, -0.2) is 52.7 Å². The predicted octanol–water partition coefficient (Wildman–Crippen LogP) is 2.05. The Morgan fingerprint density at radius 1 is 1.13 bits per heavy atom. The molecule has 164 valence electrons. The van der Waals surface area contributed by atoms with Crippen LogP contribution in [0.25, 0.3) is 0 Å². The summed E-state index contributed by atoms with van der Waals surface area (Å²) in [4.78, 5) is 38.9. The van der Waals surface area contributed by atoms with Crippen LogP contribution in [0, 0.1) is 11.8 Å². The molecule has 0 saturated heterocycles. The largest absolute Gasteiger partial charge is 0.469 e. The average Bonchev–Trinajstić information content (AvgIpc) is 3.28. The Morgan fingerprint density at radius 3 is 2.60 bits per heavy atom. The van der Waals surface area contributed by atoms with E-state index in [1.807, 2.05) is 9.58 Å². The van der Waals surface area contributed by atoms with Gasteiger partial charge in [0, 0.05) is 50.3 Å². The zero-order chi connectivity index (χ0) is 21.1. The van der Waals surface area contributed by atoms with Crippen molar-refractivity contribution in [3.05, 3.63) is 17.0 Å². The Morgan fingerprint density at radius 2 is 1.90 bits per heavy atom. The van der Waals surface area contributed by atoms with Gasteiger partial charge in [-0.1, -0.05) is 12.8 Å². The van der Waals surface area contributed by atoms with E-state index in [0.717, 1.165) is 37.1 Å². The maximum Gasteiger partial charge on any atom is 0.307 e. The zero-order valence-corrected chi connectivity index (χ0v) is 17.8. The van der Waals surface area contributed by atoms with Crippen LogP contribution in [0.2, 0.25) is 0 Å². The van der Waals surface area contributed by atoms with Gasteiger partial charge in [0.1, 0.15) is 0 Å². The minimum absolute atomic E-state index is 0.124. The number of aromatic nitrogens is 2. The summed E-state index contributed by atoms with van der Waals surface area (Å²) in [6, 6.07) is 0. The molecule has 0 aromatic carbocycles. The Balaban J connectivity index is 1.46. The molecule has 0 radical (unpaired) electrons. The molecule has 2 fully saturated rings. The number of esters is 1. The molecule has 3 aliphatic rings. The Kier molecular flexibility index (Phi) is 6.39. The molecule has 2 aliphatic carbocycles. The van der Waals surface area contributed by atoms with Crippen LogP contribution in [-0.2, 0) is 33.8 Å². The van der Waals surface area contributed by atoms with Crippen LogP contribution in [0.5, 0.6) is 0 Å². The van der Waals surface area contributed by atoms with Crippen molar-refractivity contribution in [2.75, 3.05) is 20.2 Å². The second-order valence-electron chi connectivity index (χ2n) is 8.90. The predicted molar refractivity (Wildman–Crippen MR) is 110 cm³/mol. The van der Waals surface area contributed by atoms with Gasteiger partial charge in [-0.2, -0.15) is 5.10 Å². The SMILES string of the molecule is COC(=O)CCNC(=O)c1nn(CC2CC2)c2c1CN(C(=O)CC1CCCC1)CC2. The lowest BCUT2D eigenvalue weighted by Gasteiger charge is -2.29. The molecule has 0 bridgehead atoms. The number of nitrogens with one attached hydrogen (secondary N) is 1. The first kappa shape index (κ1) is 20.9. The molecule has 0 unspecified atom stereocenters. The summed E-state index contributed by atoms with van der Waals surface area (Å²) >= 11 is 0. The number of amides is 2. The highest BCUT2D eigenvalue weighted by atomic mass is 16.5. The van der Waals surface area contributed by atoms with E-state index in [1.165, 1.54) is 32.8 Å². The van der Waals surface area contributed by atoms with E-state index < -0.39 is 0 Å². The highest BCUT2D eigenvalue weighted by Crippen LogP contribution is 2.33. The lowest BCUT2D eigenvalue weighted by Crippen LogP contribution is -2.38. The van der Waals surface area contributed by atoms with Gasteiger partial charge < -0.3 is 15.0 Å². The van der Waals surface area contributed by atoms with Crippen molar-refractivity contribution in [3.63, 3.8) is 0 Å². The fraction of sp³-hybridized carbons (Fsp3) is 0.727. The Labute approximate surface area is 177 Å².